The van der Waals surface area contributed by atoms with Crippen molar-refractivity contribution in [2.24, 2.45) is 0 Å². The van der Waals surface area contributed by atoms with E-state index >= 15 is 0 Å². The smallest absolute Gasteiger partial charge is 0.341 e. The summed E-state index contributed by atoms with van der Waals surface area (Å²) >= 11 is 0.819. The van der Waals surface area contributed by atoms with Crippen LogP contribution >= 0.6 is 11.8 Å². The minimum absolute atomic E-state index is 0.292. The largest absolute Gasteiger partial charge is 0.482 e. The number of thioether (sulfide) groups is 1. The van der Waals surface area contributed by atoms with Crippen molar-refractivity contribution in [1.29, 1.82) is 0 Å². The van der Waals surface area contributed by atoms with Crippen molar-refractivity contribution in [3.05, 3.63) is 34.7 Å². The molecule has 0 bridgehead atoms. The molecule has 2 amide bonds. The monoisotopic (exact) mass is 279 g/mol. The number of hydrogen-bond donors (Lipinski definition) is 2. The Labute approximate surface area is 112 Å². The zero-order chi connectivity index (χ0) is 13.8. The molecule has 2 N–H and O–H groups in total. The van der Waals surface area contributed by atoms with E-state index in [1.165, 1.54) is 0 Å². The van der Waals surface area contributed by atoms with E-state index in [1.807, 2.05) is 0 Å². The quantitative estimate of drug-likeness (QED) is 0.811. The molecule has 0 radical (unpaired) electrons. The van der Waals surface area contributed by atoms with E-state index in [0.29, 0.717) is 16.2 Å². The van der Waals surface area contributed by atoms with Crippen LogP contribution in [-0.2, 0) is 9.59 Å². The van der Waals surface area contributed by atoms with Crippen LogP contribution in [0.5, 0.6) is 5.75 Å². The van der Waals surface area contributed by atoms with Crippen molar-refractivity contribution >= 4 is 35.0 Å². The van der Waals surface area contributed by atoms with Crippen molar-refractivity contribution in [3.63, 3.8) is 0 Å². The molecule has 7 heteroatoms. The van der Waals surface area contributed by atoms with Crippen molar-refractivity contribution < 1.29 is 24.2 Å². The second kappa shape index (κ2) is 5.57. The van der Waals surface area contributed by atoms with Crippen LogP contribution in [0.25, 0.3) is 6.08 Å². The lowest BCUT2D eigenvalue weighted by Crippen LogP contribution is -2.17. The fourth-order valence-electron chi connectivity index (χ4n) is 1.41. The van der Waals surface area contributed by atoms with Gasteiger partial charge in [-0.1, -0.05) is 12.1 Å². The fraction of sp³-hybridized carbons (Fsp3) is 0.0833. The van der Waals surface area contributed by atoms with Crippen LogP contribution in [0, 0.1) is 0 Å². The molecule has 1 saturated heterocycles. The second-order valence-electron chi connectivity index (χ2n) is 3.61. The van der Waals surface area contributed by atoms with Crippen LogP contribution in [0.2, 0.25) is 0 Å². The highest BCUT2D eigenvalue weighted by Crippen LogP contribution is 2.26. The summed E-state index contributed by atoms with van der Waals surface area (Å²) in [6, 6.07) is 6.59. The van der Waals surface area contributed by atoms with E-state index in [9.17, 15) is 14.4 Å². The summed E-state index contributed by atoms with van der Waals surface area (Å²) in [5.41, 5.74) is 0.648. The Kier molecular flexibility index (Phi) is 3.86. The molecule has 6 nitrogen and oxygen atoms in total. The van der Waals surface area contributed by atoms with Crippen LogP contribution < -0.4 is 10.1 Å². The summed E-state index contributed by atoms with van der Waals surface area (Å²) in [4.78, 5) is 33.0. The third-order valence-electron chi connectivity index (χ3n) is 2.16. The van der Waals surface area contributed by atoms with E-state index in [0.717, 1.165) is 11.8 Å². The lowest BCUT2D eigenvalue weighted by atomic mass is 10.2. The molecular formula is C12H9NO5S. The molecule has 0 atom stereocenters. The number of carbonyl (C=O) groups excluding carboxylic acids is 2. The minimum atomic E-state index is -1.07. The average Bonchev–Trinajstić information content (AvgIpc) is 2.66. The molecule has 1 aliphatic rings. The molecule has 0 aromatic heterocycles. The molecule has 1 heterocycles. The first-order valence-corrected chi connectivity index (χ1v) is 6.06. The molecule has 1 fully saturated rings. The number of benzene rings is 1. The van der Waals surface area contributed by atoms with Gasteiger partial charge in [0.05, 0.1) is 4.91 Å². The van der Waals surface area contributed by atoms with E-state index < -0.39 is 23.7 Å². The van der Waals surface area contributed by atoms with Crippen LogP contribution in [0.4, 0.5) is 4.79 Å². The first-order chi connectivity index (χ1) is 9.04. The Balaban J connectivity index is 2.15. The Morgan fingerprint density at radius 2 is 2.21 bits per heavy atom. The zero-order valence-corrected chi connectivity index (χ0v) is 10.4. The number of hydrogen-bond acceptors (Lipinski definition) is 5. The van der Waals surface area contributed by atoms with Gasteiger partial charge in [-0.25, -0.2) is 4.79 Å². The Hall–Kier alpha value is -2.28. The normalized spacial score (nSPS) is 16.5. The summed E-state index contributed by atoms with van der Waals surface area (Å²) < 4.78 is 5.02. The number of imide groups is 1. The molecular weight excluding hydrogens is 270 g/mol. The first kappa shape index (κ1) is 13.2. The van der Waals surface area contributed by atoms with Gasteiger partial charge in [-0.05, 0) is 35.5 Å². The predicted molar refractivity (Wildman–Crippen MR) is 68.7 cm³/mol. The number of rotatable bonds is 4. The first-order valence-electron chi connectivity index (χ1n) is 5.24. The number of aliphatic carboxylic acids is 1. The highest BCUT2D eigenvalue weighted by molar-refractivity contribution is 8.18. The lowest BCUT2D eigenvalue weighted by molar-refractivity contribution is -0.139. The SMILES string of the molecule is O=C(O)COc1cccc(/C=C2/SC(=O)NC2=O)c1. The molecule has 98 valence electrons. The van der Waals surface area contributed by atoms with E-state index in [4.69, 9.17) is 9.84 Å². The van der Waals surface area contributed by atoms with Gasteiger partial charge in [0.25, 0.3) is 11.1 Å². The van der Waals surface area contributed by atoms with Crippen molar-refractivity contribution in [2.45, 2.75) is 0 Å². The summed E-state index contributed by atoms with van der Waals surface area (Å²) in [7, 11) is 0. The van der Waals surface area contributed by atoms with Gasteiger partial charge in [-0.2, -0.15) is 0 Å². The van der Waals surface area contributed by atoms with Gasteiger partial charge in [0.2, 0.25) is 0 Å². The number of carbonyl (C=O) groups is 3. The molecule has 1 aromatic rings. The maximum atomic E-state index is 11.4. The topological polar surface area (TPSA) is 92.7 Å². The minimum Gasteiger partial charge on any atom is -0.482 e. The second-order valence-corrected chi connectivity index (χ2v) is 4.62. The third-order valence-corrected chi connectivity index (χ3v) is 2.97. The summed E-state index contributed by atoms with van der Waals surface area (Å²) in [6.07, 6.45) is 1.54. The number of nitrogens with one attached hydrogen (secondary N) is 1. The number of carboxylic acids is 1. The molecule has 19 heavy (non-hydrogen) atoms. The van der Waals surface area contributed by atoms with Gasteiger partial charge in [0.1, 0.15) is 5.75 Å². The molecule has 1 aromatic carbocycles. The maximum Gasteiger partial charge on any atom is 0.341 e. The number of ether oxygens (including phenoxy) is 1. The maximum absolute atomic E-state index is 11.4. The number of amides is 2. The summed E-state index contributed by atoms with van der Waals surface area (Å²) in [5.74, 6) is -1.13. The van der Waals surface area contributed by atoms with Crippen molar-refractivity contribution in [1.82, 2.24) is 5.32 Å². The summed E-state index contributed by atoms with van der Waals surface area (Å²) in [5, 5.41) is 10.2. The van der Waals surface area contributed by atoms with Crippen molar-refractivity contribution in [3.8, 4) is 5.75 Å². The highest BCUT2D eigenvalue weighted by Gasteiger charge is 2.24. The Morgan fingerprint density at radius 1 is 1.42 bits per heavy atom. The van der Waals surface area contributed by atoms with E-state index in [1.54, 1.807) is 30.3 Å². The molecule has 0 aliphatic carbocycles. The van der Waals surface area contributed by atoms with Crippen LogP contribution in [0.3, 0.4) is 0 Å². The molecule has 0 unspecified atom stereocenters. The third kappa shape index (κ3) is 3.59. The van der Waals surface area contributed by atoms with Gasteiger partial charge in [-0.15, -0.1) is 0 Å². The van der Waals surface area contributed by atoms with Gasteiger partial charge in [0, 0.05) is 0 Å². The Bertz CT molecular complexity index is 581. The van der Waals surface area contributed by atoms with Crippen LogP contribution in [-0.4, -0.2) is 28.8 Å². The Morgan fingerprint density at radius 3 is 2.84 bits per heavy atom. The summed E-state index contributed by atoms with van der Waals surface area (Å²) in [6.45, 7) is -0.437. The van der Waals surface area contributed by atoms with Gasteiger partial charge < -0.3 is 9.84 Å². The molecule has 0 saturated carbocycles. The van der Waals surface area contributed by atoms with Crippen LogP contribution in [0.1, 0.15) is 5.56 Å². The lowest BCUT2D eigenvalue weighted by Gasteiger charge is -2.03. The molecule has 1 aliphatic heterocycles. The molecule has 2 rings (SSSR count). The number of carboxylic acid groups (broad SMARTS) is 1. The molecule has 0 spiro atoms. The zero-order valence-electron chi connectivity index (χ0n) is 9.58. The average molecular weight is 279 g/mol. The van der Waals surface area contributed by atoms with Crippen molar-refractivity contribution in [2.75, 3.05) is 6.61 Å². The predicted octanol–water partition coefficient (Wildman–Crippen LogP) is 1.47. The fourth-order valence-corrected chi connectivity index (χ4v) is 2.09. The van der Waals surface area contributed by atoms with Crippen LogP contribution in [0.15, 0.2) is 29.2 Å². The standard InChI is InChI=1S/C12H9NO5S/c14-10(15)6-18-8-3-1-2-7(4-8)5-9-11(16)13-12(17)19-9/h1-5H,6H2,(H,14,15)(H,13,16,17)/b9-5+. The van der Waals surface area contributed by atoms with E-state index in [2.05, 4.69) is 5.32 Å². The highest BCUT2D eigenvalue weighted by atomic mass is 32.2. The van der Waals surface area contributed by atoms with Gasteiger partial charge >= 0.3 is 5.97 Å². The van der Waals surface area contributed by atoms with Gasteiger partial charge in [0.15, 0.2) is 6.61 Å². The van der Waals surface area contributed by atoms with E-state index in [-0.39, 0.29) is 0 Å². The van der Waals surface area contributed by atoms with Gasteiger partial charge in [-0.3, -0.25) is 14.9 Å².